The van der Waals surface area contributed by atoms with E-state index in [0.29, 0.717) is 0 Å². The van der Waals surface area contributed by atoms with Crippen LogP contribution in [0.25, 0.3) is 0 Å². The summed E-state index contributed by atoms with van der Waals surface area (Å²) in [7, 11) is 0. The summed E-state index contributed by atoms with van der Waals surface area (Å²) in [6, 6.07) is 7.87. The Morgan fingerprint density at radius 1 is 1.14 bits per heavy atom. The van der Waals surface area contributed by atoms with Gasteiger partial charge in [-0.1, -0.05) is 30.2 Å². The van der Waals surface area contributed by atoms with Crippen LogP contribution in [0.5, 0.6) is 0 Å². The lowest BCUT2D eigenvalue weighted by molar-refractivity contribution is -0.148. The molecule has 1 N–H and O–H groups in total. The molecular formula is C17H20ClNO2. The normalized spacial score (nSPS) is 20.2. The molecule has 1 aromatic rings. The Morgan fingerprint density at radius 2 is 1.86 bits per heavy atom. The van der Waals surface area contributed by atoms with Gasteiger partial charge in [-0.25, -0.2) is 4.79 Å². The van der Waals surface area contributed by atoms with Crippen LogP contribution in [-0.4, -0.2) is 18.1 Å². The standard InChI is InChI=1S/C17H20ClNO2/c18-14-6-4-13(5-7-14)8-11-19-15-12-16(20)21-17(15)9-2-1-3-10-17/h4-7,12,19H,1-3,8-11H2. The van der Waals surface area contributed by atoms with E-state index >= 15 is 0 Å². The third kappa shape index (κ3) is 3.24. The highest BCUT2D eigenvalue weighted by Gasteiger charge is 2.43. The van der Waals surface area contributed by atoms with Crippen molar-refractivity contribution >= 4 is 17.6 Å². The Kier molecular flexibility index (Phi) is 4.20. The molecule has 0 bridgehead atoms. The van der Waals surface area contributed by atoms with Crippen LogP contribution in [-0.2, 0) is 16.0 Å². The third-order valence-corrected chi connectivity index (χ3v) is 4.60. The van der Waals surface area contributed by atoms with Gasteiger partial charge in [-0.15, -0.1) is 0 Å². The SMILES string of the molecule is O=C1C=C(NCCc2ccc(Cl)cc2)C2(CCCCC2)O1. The monoisotopic (exact) mass is 305 g/mol. The van der Waals surface area contributed by atoms with Crippen molar-refractivity contribution in [3.63, 3.8) is 0 Å². The molecule has 0 amide bonds. The number of carbonyl (C=O) groups is 1. The zero-order valence-electron chi connectivity index (χ0n) is 12.0. The van der Waals surface area contributed by atoms with Crippen LogP contribution in [0.4, 0.5) is 0 Å². The van der Waals surface area contributed by atoms with Gasteiger partial charge in [0.25, 0.3) is 0 Å². The van der Waals surface area contributed by atoms with E-state index in [1.807, 2.05) is 24.3 Å². The van der Waals surface area contributed by atoms with Gasteiger partial charge >= 0.3 is 5.97 Å². The molecule has 1 heterocycles. The summed E-state index contributed by atoms with van der Waals surface area (Å²) in [5.74, 6) is -0.203. The smallest absolute Gasteiger partial charge is 0.333 e. The van der Waals surface area contributed by atoms with Gasteiger partial charge in [0.1, 0.15) is 0 Å². The second-order valence-corrected chi connectivity index (χ2v) is 6.27. The largest absolute Gasteiger partial charge is 0.449 e. The number of hydrogen-bond acceptors (Lipinski definition) is 3. The molecule has 0 atom stereocenters. The summed E-state index contributed by atoms with van der Waals surface area (Å²) in [6.07, 6.45) is 7.91. The van der Waals surface area contributed by atoms with E-state index < -0.39 is 0 Å². The number of esters is 1. The summed E-state index contributed by atoms with van der Waals surface area (Å²) in [5.41, 5.74) is 1.84. The molecule has 1 spiro atoms. The summed E-state index contributed by atoms with van der Waals surface area (Å²) < 4.78 is 5.61. The number of hydrogen-bond donors (Lipinski definition) is 1. The Morgan fingerprint density at radius 3 is 2.57 bits per heavy atom. The Labute approximate surface area is 130 Å². The average molecular weight is 306 g/mol. The van der Waals surface area contributed by atoms with Crippen molar-refractivity contribution in [3.8, 4) is 0 Å². The lowest BCUT2D eigenvalue weighted by atomic mass is 9.83. The lowest BCUT2D eigenvalue weighted by Crippen LogP contribution is -2.40. The quantitative estimate of drug-likeness (QED) is 0.864. The zero-order chi connectivity index (χ0) is 14.7. The van der Waals surface area contributed by atoms with Crippen molar-refractivity contribution in [2.45, 2.75) is 44.1 Å². The molecule has 1 saturated carbocycles. The van der Waals surface area contributed by atoms with Crippen LogP contribution in [0, 0.1) is 0 Å². The van der Waals surface area contributed by atoms with Crippen LogP contribution < -0.4 is 5.32 Å². The molecule has 0 unspecified atom stereocenters. The fourth-order valence-corrected chi connectivity index (χ4v) is 3.35. The lowest BCUT2D eigenvalue weighted by Gasteiger charge is -2.34. The van der Waals surface area contributed by atoms with Gasteiger partial charge in [0.15, 0.2) is 5.60 Å². The topological polar surface area (TPSA) is 38.3 Å². The molecule has 1 aliphatic heterocycles. The van der Waals surface area contributed by atoms with Gasteiger partial charge in [-0.3, -0.25) is 0 Å². The van der Waals surface area contributed by atoms with Crippen molar-refractivity contribution < 1.29 is 9.53 Å². The number of carbonyl (C=O) groups excluding carboxylic acids is 1. The van der Waals surface area contributed by atoms with Crippen molar-refractivity contribution in [2.24, 2.45) is 0 Å². The second kappa shape index (κ2) is 6.10. The van der Waals surface area contributed by atoms with Crippen molar-refractivity contribution in [2.75, 3.05) is 6.54 Å². The molecule has 112 valence electrons. The van der Waals surface area contributed by atoms with E-state index in [9.17, 15) is 4.79 Å². The van der Waals surface area contributed by atoms with E-state index in [-0.39, 0.29) is 11.6 Å². The summed E-state index contributed by atoms with van der Waals surface area (Å²) in [6.45, 7) is 0.797. The highest BCUT2D eigenvalue weighted by molar-refractivity contribution is 6.30. The van der Waals surface area contributed by atoms with Gasteiger partial charge < -0.3 is 10.1 Å². The second-order valence-electron chi connectivity index (χ2n) is 5.84. The van der Waals surface area contributed by atoms with Crippen LogP contribution in [0.15, 0.2) is 36.0 Å². The summed E-state index contributed by atoms with van der Waals surface area (Å²) in [4.78, 5) is 11.6. The first-order chi connectivity index (χ1) is 10.2. The van der Waals surface area contributed by atoms with E-state index in [1.165, 1.54) is 12.0 Å². The first-order valence-corrected chi connectivity index (χ1v) is 7.99. The molecule has 1 fully saturated rings. The molecule has 1 aliphatic carbocycles. The van der Waals surface area contributed by atoms with Crippen molar-refractivity contribution in [1.82, 2.24) is 5.32 Å². The summed E-state index contributed by atoms with van der Waals surface area (Å²) >= 11 is 5.88. The molecule has 0 aromatic heterocycles. The van der Waals surface area contributed by atoms with Crippen molar-refractivity contribution in [1.29, 1.82) is 0 Å². The number of ether oxygens (including phenoxy) is 1. The maximum absolute atomic E-state index is 11.6. The number of rotatable bonds is 4. The van der Waals surface area contributed by atoms with E-state index in [0.717, 1.165) is 49.4 Å². The molecular weight excluding hydrogens is 286 g/mol. The van der Waals surface area contributed by atoms with Gasteiger partial charge in [0.05, 0.1) is 5.70 Å². The predicted molar refractivity (Wildman–Crippen MR) is 83.1 cm³/mol. The molecule has 21 heavy (non-hydrogen) atoms. The highest BCUT2D eigenvalue weighted by Crippen LogP contribution is 2.39. The third-order valence-electron chi connectivity index (χ3n) is 4.35. The van der Waals surface area contributed by atoms with Crippen LogP contribution >= 0.6 is 11.6 Å². The first-order valence-electron chi connectivity index (χ1n) is 7.61. The number of halogens is 1. The zero-order valence-corrected chi connectivity index (χ0v) is 12.8. The predicted octanol–water partition coefficient (Wildman–Crippen LogP) is 3.62. The van der Waals surface area contributed by atoms with Crippen LogP contribution in [0.3, 0.4) is 0 Å². The van der Waals surface area contributed by atoms with Gasteiger partial charge in [-0.2, -0.15) is 0 Å². The number of benzene rings is 1. The Balaban J connectivity index is 1.59. The van der Waals surface area contributed by atoms with Gasteiger partial charge in [0, 0.05) is 17.6 Å². The van der Waals surface area contributed by atoms with E-state index in [1.54, 1.807) is 6.08 Å². The Hall–Kier alpha value is -1.48. The molecule has 2 aliphatic rings. The molecule has 3 rings (SSSR count). The van der Waals surface area contributed by atoms with Crippen LogP contribution in [0.2, 0.25) is 5.02 Å². The fraction of sp³-hybridized carbons (Fsp3) is 0.471. The molecule has 0 radical (unpaired) electrons. The first kappa shape index (κ1) is 14.5. The molecule has 3 nitrogen and oxygen atoms in total. The molecule has 4 heteroatoms. The molecule has 0 saturated heterocycles. The fourth-order valence-electron chi connectivity index (χ4n) is 3.23. The number of nitrogens with one attached hydrogen (secondary N) is 1. The minimum atomic E-state index is -0.366. The van der Waals surface area contributed by atoms with Crippen molar-refractivity contribution in [3.05, 3.63) is 46.6 Å². The molecule has 1 aromatic carbocycles. The summed E-state index contributed by atoms with van der Waals surface area (Å²) in [5, 5.41) is 4.17. The maximum atomic E-state index is 11.6. The van der Waals surface area contributed by atoms with Crippen LogP contribution in [0.1, 0.15) is 37.7 Å². The average Bonchev–Trinajstić information content (AvgIpc) is 2.77. The minimum Gasteiger partial charge on any atom is -0.449 e. The minimum absolute atomic E-state index is 0.203. The Bertz CT molecular complexity index is 544. The van der Waals surface area contributed by atoms with E-state index in [4.69, 9.17) is 16.3 Å². The maximum Gasteiger partial charge on any atom is 0.333 e. The van der Waals surface area contributed by atoms with Gasteiger partial charge in [0.2, 0.25) is 0 Å². The highest BCUT2D eigenvalue weighted by atomic mass is 35.5. The van der Waals surface area contributed by atoms with Gasteiger partial charge in [-0.05, 0) is 49.8 Å². The van der Waals surface area contributed by atoms with E-state index in [2.05, 4.69) is 5.32 Å².